The van der Waals surface area contributed by atoms with E-state index in [1.165, 1.54) is 31.6 Å². The Morgan fingerprint density at radius 2 is 2.00 bits per heavy atom. The van der Waals surface area contributed by atoms with E-state index in [0.717, 1.165) is 11.6 Å². The highest BCUT2D eigenvalue weighted by Gasteiger charge is 2.22. The first-order valence-electron chi connectivity index (χ1n) is 7.76. The van der Waals surface area contributed by atoms with Crippen LogP contribution in [0.3, 0.4) is 0 Å². The lowest BCUT2D eigenvalue weighted by molar-refractivity contribution is 0.208. The summed E-state index contributed by atoms with van der Waals surface area (Å²) in [5, 5.41) is 3.72. The van der Waals surface area contributed by atoms with Crippen LogP contribution in [0.5, 0.6) is 0 Å². The number of rotatable bonds is 4. The van der Waals surface area contributed by atoms with Gasteiger partial charge in [0, 0.05) is 18.4 Å². The Morgan fingerprint density at radius 1 is 1.24 bits per heavy atom. The molecular formula is C17H24N4. The Kier molecular flexibility index (Phi) is 4.25. The van der Waals surface area contributed by atoms with Gasteiger partial charge in [-0.1, -0.05) is 12.1 Å². The summed E-state index contributed by atoms with van der Waals surface area (Å²) in [4.78, 5) is 6.57. The van der Waals surface area contributed by atoms with Crippen molar-refractivity contribution in [3.63, 3.8) is 0 Å². The number of nitrogens with zero attached hydrogens (tertiary/aromatic N) is 3. The number of imidazole rings is 1. The maximum absolute atomic E-state index is 4.15. The highest BCUT2D eigenvalue weighted by Crippen LogP contribution is 2.25. The number of anilines is 1. The van der Waals surface area contributed by atoms with Crippen LogP contribution in [-0.4, -0.2) is 40.6 Å². The Balaban J connectivity index is 1.73. The topological polar surface area (TPSA) is 33.1 Å². The first-order chi connectivity index (χ1) is 10.2. The van der Waals surface area contributed by atoms with Crippen LogP contribution < -0.4 is 5.32 Å². The van der Waals surface area contributed by atoms with Crippen molar-refractivity contribution in [1.29, 1.82) is 0 Å². The molecule has 3 rings (SSSR count). The van der Waals surface area contributed by atoms with E-state index in [9.17, 15) is 0 Å². The normalized spacial score (nSPS) is 18.6. The number of likely N-dealkylation sites (tertiary alicyclic amines) is 1. The van der Waals surface area contributed by atoms with E-state index in [4.69, 9.17) is 0 Å². The van der Waals surface area contributed by atoms with Gasteiger partial charge in [-0.15, -0.1) is 0 Å². The predicted molar refractivity (Wildman–Crippen MR) is 86.9 cm³/mol. The second-order valence-electron chi connectivity index (χ2n) is 6.06. The zero-order chi connectivity index (χ0) is 14.7. The summed E-state index contributed by atoms with van der Waals surface area (Å²) in [6.45, 7) is 4.72. The van der Waals surface area contributed by atoms with Crippen molar-refractivity contribution >= 4 is 5.69 Å². The summed E-state index contributed by atoms with van der Waals surface area (Å²) < 4.78 is 2.06. The van der Waals surface area contributed by atoms with Crippen LogP contribution in [-0.2, 0) is 0 Å². The molecule has 0 spiro atoms. The average Bonchev–Trinajstić information content (AvgIpc) is 3.02. The lowest BCUT2D eigenvalue weighted by atomic mass is 9.90. The molecule has 4 nitrogen and oxygen atoms in total. The third kappa shape index (κ3) is 3.27. The molecule has 21 heavy (non-hydrogen) atoms. The minimum absolute atomic E-state index is 0.489. The van der Waals surface area contributed by atoms with Gasteiger partial charge in [0.25, 0.3) is 0 Å². The summed E-state index contributed by atoms with van der Waals surface area (Å²) in [5.41, 5.74) is 2.34. The molecule has 1 saturated heterocycles. The van der Waals surface area contributed by atoms with Crippen molar-refractivity contribution in [2.24, 2.45) is 5.92 Å². The molecule has 1 fully saturated rings. The van der Waals surface area contributed by atoms with Crippen molar-refractivity contribution in [1.82, 2.24) is 14.5 Å². The largest absolute Gasteiger partial charge is 0.381 e. The predicted octanol–water partition coefficient (Wildman–Crippen LogP) is 3.01. The molecule has 1 N–H and O–H groups in total. The van der Waals surface area contributed by atoms with E-state index >= 15 is 0 Å². The molecule has 0 aliphatic carbocycles. The fourth-order valence-electron chi connectivity index (χ4n) is 3.11. The standard InChI is InChI=1S/C17H24N4/c1-14(15-7-10-20(2)11-8-15)19-16-5-3-4-6-17(16)21-12-9-18-13-21/h3-6,9,12-15,19H,7-8,10-11H2,1-2H3. The Labute approximate surface area is 126 Å². The monoisotopic (exact) mass is 284 g/mol. The molecule has 0 radical (unpaired) electrons. The molecule has 0 saturated carbocycles. The van der Waals surface area contributed by atoms with Gasteiger partial charge in [0.15, 0.2) is 0 Å². The zero-order valence-corrected chi connectivity index (χ0v) is 12.9. The van der Waals surface area contributed by atoms with Crippen molar-refractivity contribution in [3.05, 3.63) is 43.0 Å². The van der Waals surface area contributed by atoms with Crippen molar-refractivity contribution in [2.75, 3.05) is 25.5 Å². The number of para-hydroxylation sites is 2. The molecular weight excluding hydrogens is 260 g/mol. The van der Waals surface area contributed by atoms with E-state index in [0.29, 0.717) is 6.04 Å². The summed E-state index contributed by atoms with van der Waals surface area (Å²) in [7, 11) is 2.21. The van der Waals surface area contributed by atoms with Gasteiger partial charge >= 0.3 is 0 Å². The van der Waals surface area contributed by atoms with Gasteiger partial charge in [-0.3, -0.25) is 0 Å². The summed E-state index contributed by atoms with van der Waals surface area (Å²) in [5.74, 6) is 0.747. The fourth-order valence-corrected chi connectivity index (χ4v) is 3.11. The van der Waals surface area contributed by atoms with Gasteiger partial charge in [-0.2, -0.15) is 0 Å². The number of nitrogens with one attached hydrogen (secondary N) is 1. The van der Waals surface area contributed by atoms with Crippen LogP contribution >= 0.6 is 0 Å². The average molecular weight is 284 g/mol. The number of benzene rings is 1. The third-order valence-corrected chi connectivity index (χ3v) is 4.54. The number of hydrogen-bond acceptors (Lipinski definition) is 3. The molecule has 2 heterocycles. The Bertz CT molecular complexity index is 556. The lowest BCUT2D eigenvalue weighted by Crippen LogP contribution is -2.37. The molecule has 4 heteroatoms. The summed E-state index contributed by atoms with van der Waals surface area (Å²) >= 11 is 0. The maximum atomic E-state index is 4.15. The second kappa shape index (κ2) is 6.31. The van der Waals surface area contributed by atoms with Crippen LogP contribution in [0.25, 0.3) is 5.69 Å². The summed E-state index contributed by atoms with van der Waals surface area (Å²) in [6, 6.07) is 8.93. The van der Waals surface area contributed by atoms with Crippen LogP contribution in [0.4, 0.5) is 5.69 Å². The number of piperidine rings is 1. The van der Waals surface area contributed by atoms with Gasteiger partial charge < -0.3 is 14.8 Å². The molecule has 1 unspecified atom stereocenters. The SMILES string of the molecule is CC(Nc1ccccc1-n1ccnc1)C1CCN(C)CC1. The van der Waals surface area contributed by atoms with Gasteiger partial charge in [0.1, 0.15) is 0 Å². The number of aromatic nitrogens is 2. The summed E-state index contributed by atoms with van der Waals surface area (Å²) in [6.07, 6.45) is 8.20. The highest BCUT2D eigenvalue weighted by molar-refractivity contribution is 5.61. The van der Waals surface area contributed by atoms with Crippen LogP contribution in [0.2, 0.25) is 0 Å². The lowest BCUT2D eigenvalue weighted by Gasteiger charge is -2.33. The quantitative estimate of drug-likeness (QED) is 0.937. The molecule has 2 aromatic rings. The zero-order valence-electron chi connectivity index (χ0n) is 12.9. The molecule has 0 bridgehead atoms. The van der Waals surface area contributed by atoms with Gasteiger partial charge in [0.05, 0.1) is 17.7 Å². The molecule has 1 aromatic carbocycles. The van der Waals surface area contributed by atoms with Crippen LogP contribution in [0.1, 0.15) is 19.8 Å². The van der Waals surface area contributed by atoms with Crippen LogP contribution in [0.15, 0.2) is 43.0 Å². The molecule has 1 atom stereocenters. The van der Waals surface area contributed by atoms with Crippen molar-refractivity contribution in [3.8, 4) is 5.69 Å². The van der Waals surface area contributed by atoms with E-state index < -0.39 is 0 Å². The highest BCUT2D eigenvalue weighted by atomic mass is 15.1. The minimum atomic E-state index is 0.489. The van der Waals surface area contributed by atoms with E-state index in [1.54, 1.807) is 0 Å². The van der Waals surface area contributed by atoms with Gasteiger partial charge in [-0.25, -0.2) is 4.98 Å². The molecule has 112 valence electrons. The smallest absolute Gasteiger partial charge is 0.0992 e. The minimum Gasteiger partial charge on any atom is -0.381 e. The molecule has 0 amide bonds. The maximum Gasteiger partial charge on any atom is 0.0992 e. The van der Waals surface area contributed by atoms with Crippen molar-refractivity contribution < 1.29 is 0 Å². The third-order valence-electron chi connectivity index (χ3n) is 4.54. The molecule has 1 aromatic heterocycles. The first kappa shape index (κ1) is 14.1. The van der Waals surface area contributed by atoms with Crippen LogP contribution in [0, 0.1) is 5.92 Å². The van der Waals surface area contributed by atoms with E-state index in [1.807, 2.05) is 18.7 Å². The van der Waals surface area contributed by atoms with E-state index in [2.05, 4.69) is 58.0 Å². The number of hydrogen-bond donors (Lipinski definition) is 1. The second-order valence-corrected chi connectivity index (χ2v) is 6.06. The Hall–Kier alpha value is -1.81. The fraction of sp³-hybridized carbons (Fsp3) is 0.471. The van der Waals surface area contributed by atoms with E-state index in [-0.39, 0.29) is 0 Å². The van der Waals surface area contributed by atoms with Gasteiger partial charge in [-0.05, 0) is 58.0 Å². The molecule has 1 aliphatic heterocycles. The first-order valence-corrected chi connectivity index (χ1v) is 7.76. The van der Waals surface area contributed by atoms with Gasteiger partial charge in [0.2, 0.25) is 0 Å². The molecule has 1 aliphatic rings. The Morgan fingerprint density at radius 3 is 2.71 bits per heavy atom. The van der Waals surface area contributed by atoms with Crippen molar-refractivity contribution in [2.45, 2.75) is 25.8 Å².